The van der Waals surface area contributed by atoms with Gasteiger partial charge in [0.1, 0.15) is 0 Å². The molecule has 2 aromatic rings. The van der Waals surface area contributed by atoms with E-state index in [1.807, 2.05) is 0 Å². The molecule has 0 aliphatic heterocycles. The summed E-state index contributed by atoms with van der Waals surface area (Å²) in [7, 11) is 0. The number of rotatable bonds is 9. The van der Waals surface area contributed by atoms with Gasteiger partial charge in [-0.15, -0.1) is 6.42 Å². The minimum atomic E-state index is -4.24. The minimum absolute atomic E-state index is 0.0373. The third-order valence-corrected chi connectivity index (χ3v) is 4.56. The number of amides is 1. The van der Waals surface area contributed by atoms with Crippen molar-refractivity contribution in [1.82, 2.24) is 5.32 Å². The third kappa shape index (κ3) is 12.6. The number of nitrogens with one attached hydrogen (secondary N) is 3. The monoisotopic (exact) mass is 531 g/mol. The molecule has 0 saturated carbocycles. The van der Waals surface area contributed by atoms with Gasteiger partial charge in [0.15, 0.2) is 0 Å². The van der Waals surface area contributed by atoms with Crippen LogP contribution in [0.2, 0.25) is 0 Å². The Balaban J connectivity index is 0.000000384. The Morgan fingerprint density at radius 2 is 1.22 bits per heavy atom. The number of benzene rings is 2. The standard InChI is InChI=1S/C15H17F3N2O.C10H10F3NO2/c1-4-14(2,3)20-13(21)11-7-5-6-8-12(11)19-10-9-15(16,17)18;11-10(12,13)5-6-14-8-4-2-1-3-7(8)9(15)16/h1,5-8,19H,9-10H2,2-3H3,(H,20,21);1-4,14H,5-6H2,(H,15,16). The molecule has 1 amide bonds. The zero-order valence-electron chi connectivity index (χ0n) is 20.1. The van der Waals surface area contributed by atoms with Gasteiger partial charge in [0.05, 0.1) is 29.5 Å². The van der Waals surface area contributed by atoms with E-state index in [-0.39, 0.29) is 29.9 Å². The molecule has 0 aliphatic rings. The lowest BCUT2D eigenvalue weighted by Gasteiger charge is -2.21. The summed E-state index contributed by atoms with van der Waals surface area (Å²) >= 11 is 0. The van der Waals surface area contributed by atoms with Crippen LogP contribution in [0.5, 0.6) is 0 Å². The Labute approximate surface area is 210 Å². The maximum absolute atomic E-state index is 12.1. The molecule has 0 unspecified atom stereocenters. The lowest BCUT2D eigenvalue weighted by atomic mass is 10.1. The highest BCUT2D eigenvalue weighted by Crippen LogP contribution is 2.22. The van der Waals surface area contributed by atoms with E-state index >= 15 is 0 Å². The van der Waals surface area contributed by atoms with Crippen LogP contribution in [0.25, 0.3) is 0 Å². The summed E-state index contributed by atoms with van der Waals surface area (Å²) in [5.74, 6) is 0.815. The first kappa shape index (κ1) is 31.2. The Hall–Kier alpha value is -3.88. The number of aromatic carboxylic acids is 1. The van der Waals surface area contributed by atoms with Crippen molar-refractivity contribution < 1.29 is 41.0 Å². The zero-order chi connectivity index (χ0) is 28.3. The quantitative estimate of drug-likeness (QED) is 0.238. The molecule has 12 heteroatoms. The van der Waals surface area contributed by atoms with Gasteiger partial charge >= 0.3 is 18.3 Å². The first-order valence-corrected chi connectivity index (χ1v) is 10.9. The van der Waals surface area contributed by atoms with E-state index in [1.165, 1.54) is 24.3 Å². The lowest BCUT2D eigenvalue weighted by molar-refractivity contribution is -0.132. The topological polar surface area (TPSA) is 90.5 Å². The van der Waals surface area contributed by atoms with Gasteiger partial charge in [0, 0.05) is 24.5 Å². The maximum Gasteiger partial charge on any atom is 0.390 e. The van der Waals surface area contributed by atoms with E-state index in [1.54, 1.807) is 38.1 Å². The summed E-state index contributed by atoms with van der Waals surface area (Å²) in [6.07, 6.45) is -5.16. The molecule has 2 rings (SSSR count). The number of para-hydroxylation sites is 2. The van der Waals surface area contributed by atoms with Crippen LogP contribution < -0.4 is 16.0 Å². The molecule has 4 N–H and O–H groups in total. The lowest BCUT2D eigenvalue weighted by Crippen LogP contribution is -2.42. The number of carboxylic acids is 1. The molecule has 0 aromatic heterocycles. The fourth-order valence-corrected chi connectivity index (χ4v) is 2.72. The number of halogens is 6. The van der Waals surface area contributed by atoms with Gasteiger partial charge in [-0.25, -0.2) is 4.79 Å². The van der Waals surface area contributed by atoms with Gasteiger partial charge in [-0.05, 0) is 38.1 Å². The van der Waals surface area contributed by atoms with Crippen LogP contribution in [0.3, 0.4) is 0 Å². The predicted octanol–water partition coefficient (Wildman–Crippen LogP) is 5.94. The van der Waals surface area contributed by atoms with E-state index in [4.69, 9.17) is 11.5 Å². The van der Waals surface area contributed by atoms with Gasteiger partial charge < -0.3 is 21.1 Å². The molecular weight excluding hydrogens is 504 g/mol. The van der Waals surface area contributed by atoms with Crippen molar-refractivity contribution in [3.8, 4) is 12.3 Å². The van der Waals surface area contributed by atoms with E-state index in [9.17, 15) is 35.9 Å². The predicted molar refractivity (Wildman–Crippen MR) is 129 cm³/mol. The summed E-state index contributed by atoms with van der Waals surface area (Å²) in [6.45, 7) is 2.68. The smallest absolute Gasteiger partial charge is 0.390 e. The molecular formula is C25H27F6N3O3. The Bertz CT molecular complexity index is 1090. The molecule has 0 atom stereocenters. The van der Waals surface area contributed by atoms with E-state index < -0.39 is 42.6 Å². The number of anilines is 2. The fraction of sp³-hybridized carbons (Fsp3) is 0.360. The molecule has 0 spiro atoms. The Morgan fingerprint density at radius 3 is 1.62 bits per heavy atom. The van der Waals surface area contributed by atoms with E-state index in [0.717, 1.165) is 0 Å². The number of hydrogen-bond donors (Lipinski definition) is 4. The molecule has 0 aliphatic carbocycles. The summed E-state index contributed by atoms with van der Waals surface area (Å²) in [6, 6.07) is 12.2. The van der Waals surface area contributed by atoms with Crippen molar-refractivity contribution in [3.05, 3.63) is 59.7 Å². The molecule has 0 heterocycles. The molecule has 37 heavy (non-hydrogen) atoms. The first-order chi connectivity index (χ1) is 17.0. The van der Waals surface area contributed by atoms with E-state index in [0.29, 0.717) is 5.69 Å². The van der Waals surface area contributed by atoms with Crippen LogP contribution in [0.4, 0.5) is 37.7 Å². The van der Waals surface area contributed by atoms with Crippen LogP contribution in [0, 0.1) is 12.3 Å². The largest absolute Gasteiger partial charge is 0.478 e. The molecule has 2 aromatic carbocycles. The molecule has 0 saturated heterocycles. The molecule has 6 nitrogen and oxygen atoms in total. The van der Waals surface area contributed by atoms with Gasteiger partial charge in [-0.3, -0.25) is 4.79 Å². The normalized spacial score (nSPS) is 11.4. The van der Waals surface area contributed by atoms with Crippen molar-refractivity contribution >= 4 is 23.3 Å². The van der Waals surface area contributed by atoms with Crippen LogP contribution >= 0.6 is 0 Å². The summed E-state index contributed by atoms with van der Waals surface area (Å²) < 4.78 is 72.0. The highest BCUT2D eigenvalue weighted by molar-refractivity contribution is 6.00. The number of carbonyl (C=O) groups is 2. The SMILES string of the molecule is C#CC(C)(C)NC(=O)c1ccccc1NCCC(F)(F)F.O=C(O)c1ccccc1NCCC(F)(F)F. The number of carbonyl (C=O) groups excluding carboxylic acids is 1. The summed E-state index contributed by atoms with van der Waals surface area (Å²) in [4.78, 5) is 22.9. The highest BCUT2D eigenvalue weighted by atomic mass is 19.4. The number of alkyl halides is 6. The number of carboxylic acid groups (broad SMARTS) is 1. The van der Waals surface area contributed by atoms with Gasteiger partial charge in [0.2, 0.25) is 0 Å². The van der Waals surface area contributed by atoms with Crippen LogP contribution in [0.1, 0.15) is 47.4 Å². The zero-order valence-corrected chi connectivity index (χ0v) is 20.1. The van der Waals surface area contributed by atoms with Crippen LogP contribution in [0.15, 0.2) is 48.5 Å². The minimum Gasteiger partial charge on any atom is -0.478 e. The van der Waals surface area contributed by atoms with Crippen molar-refractivity contribution in [2.45, 2.75) is 44.6 Å². The van der Waals surface area contributed by atoms with Crippen molar-refractivity contribution in [2.24, 2.45) is 0 Å². The van der Waals surface area contributed by atoms with Crippen molar-refractivity contribution in [1.29, 1.82) is 0 Å². The molecule has 0 radical (unpaired) electrons. The third-order valence-electron chi connectivity index (χ3n) is 4.56. The van der Waals surface area contributed by atoms with E-state index in [2.05, 4.69) is 21.9 Å². The molecule has 0 bridgehead atoms. The second kappa shape index (κ2) is 13.4. The Morgan fingerprint density at radius 1 is 0.811 bits per heavy atom. The second-order valence-electron chi connectivity index (χ2n) is 8.20. The average Bonchev–Trinajstić information content (AvgIpc) is 2.78. The average molecular weight is 531 g/mol. The van der Waals surface area contributed by atoms with Crippen LogP contribution in [-0.2, 0) is 0 Å². The van der Waals surface area contributed by atoms with Crippen molar-refractivity contribution in [2.75, 3.05) is 23.7 Å². The Kier molecular flexibility index (Phi) is 11.3. The molecule has 202 valence electrons. The highest BCUT2D eigenvalue weighted by Gasteiger charge is 2.27. The van der Waals surface area contributed by atoms with Gasteiger partial charge in [-0.1, -0.05) is 30.2 Å². The maximum atomic E-state index is 12.1. The summed E-state index contributed by atoms with van der Waals surface area (Å²) in [5, 5.41) is 16.5. The molecule has 0 fully saturated rings. The first-order valence-electron chi connectivity index (χ1n) is 10.9. The number of hydrogen-bond acceptors (Lipinski definition) is 4. The van der Waals surface area contributed by atoms with Gasteiger partial charge in [-0.2, -0.15) is 26.3 Å². The van der Waals surface area contributed by atoms with Crippen LogP contribution in [-0.4, -0.2) is 48.0 Å². The second-order valence-corrected chi connectivity index (χ2v) is 8.20. The summed E-state index contributed by atoms with van der Waals surface area (Å²) in [5.41, 5.74) is -0.0881. The van der Waals surface area contributed by atoms with Gasteiger partial charge in [0.25, 0.3) is 5.91 Å². The van der Waals surface area contributed by atoms with Crippen molar-refractivity contribution in [3.63, 3.8) is 0 Å². The fourth-order valence-electron chi connectivity index (χ4n) is 2.72. The number of terminal acetylenes is 1.